The molecule has 2 aromatic rings. The van der Waals surface area contributed by atoms with E-state index in [0.29, 0.717) is 28.1 Å². The third-order valence-electron chi connectivity index (χ3n) is 4.62. The highest BCUT2D eigenvalue weighted by Crippen LogP contribution is 2.33. The molecule has 0 spiro atoms. The topological polar surface area (TPSA) is 47.4 Å². The van der Waals surface area contributed by atoms with Gasteiger partial charge in [0.05, 0.1) is 18.8 Å². The molecule has 1 aliphatic rings. The Labute approximate surface area is 157 Å². The molecule has 0 radical (unpaired) electrons. The first-order chi connectivity index (χ1) is 12.5. The van der Waals surface area contributed by atoms with Crippen molar-refractivity contribution in [3.63, 3.8) is 0 Å². The number of halogens is 2. The van der Waals surface area contributed by atoms with Crippen LogP contribution in [0.15, 0.2) is 12.1 Å². The summed E-state index contributed by atoms with van der Waals surface area (Å²) < 4.78 is 35.7. The molecule has 1 atom stereocenters. The molecule has 1 aromatic heterocycles. The van der Waals surface area contributed by atoms with Crippen LogP contribution >= 0.6 is 0 Å². The molecule has 1 amide bonds. The maximum atomic E-state index is 14.8. The number of nitrogens with zero attached hydrogens (tertiary/aromatic N) is 3. The van der Waals surface area contributed by atoms with Gasteiger partial charge in [-0.2, -0.15) is 5.10 Å². The van der Waals surface area contributed by atoms with Crippen LogP contribution in [0.25, 0.3) is 5.69 Å². The Hall–Kier alpha value is -2.44. The molecule has 0 saturated heterocycles. The van der Waals surface area contributed by atoms with Crippen molar-refractivity contribution in [3.8, 4) is 5.69 Å². The van der Waals surface area contributed by atoms with Crippen LogP contribution < -0.4 is 0 Å². The van der Waals surface area contributed by atoms with Gasteiger partial charge in [-0.05, 0) is 64.8 Å². The number of hydrogen-bond donors (Lipinski definition) is 0. The molecule has 0 aliphatic carbocycles. The lowest BCUT2D eigenvalue weighted by Gasteiger charge is -2.31. The van der Waals surface area contributed by atoms with Crippen LogP contribution in [0.4, 0.5) is 13.6 Å². The summed E-state index contributed by atoms with van der Waals surface area (Å²) in [5, 5.41) is 4.42. The van der Waals surface area contributed by atoms with E-state index < -0.39 is 17.9 Å². The molecule has 0 bridgehead atoms. The summed E-state index contributed by atoms with van der Waals surface area (Å²) in [6.07, 6.45) is -1.94. The van der Waals surface area contributed by atoms with E-state index in [1.54, 1.807) is 51.4 Å². The average Bonchev–Trinajstić information content (AvgIpc) is 2.88. The van der Waals surface area contributed by atoms with Gasteiger partial charge in [-0.1, -0.05) is 0 Å². The predicted octanol–water partition coefficient (Wildman–Crippen LogP) is 4.70. The lowest BCUT2D eigenvalue weighted by atomic mass is 10.0. The Morgan fingerprint density at radius 2 is 1.81 bits per heavy atom. The zero-order valence-electron chi connectivity index (χ0n) is 16.6. The zero-order chi connectivity index (χ0) is 20.1. The first-order valence-corrected chi connectivity index (χ1v) is 8.95. The fourth-order valence-electron chi connectivity index (χ4n) is 3.30. The molecular formula is C20H25F2N3O2. The molecule has 7 heteroatoms. The lowest BCUT2D eigenvalue weighted by molar-refractivity contribution is 0.0157. The van der Waals surface area contributed by atoms with Crippen LogP contribution in [-0.4, -0.2) is 32.9 Å². The number of alkyl halides is 1. The summed E-state index contributed by atoms with van der Waals surface area (Å²) >= 11 is 0. The molecule has 0 unspecified atom stereocenters. The van der Waals surface area contributed by atoms with Crippen molar-refractivity contribution in [2.75, 3.05) is 6.54 Å². The molecule has 5 nitrogen and oxygen atoms in total. The average molecular weight is 377 g/mol. The van der Waals surface area contributed by atoms with Gasteiger partial charge in [0.15, 0.2) is 6.17 Å². The monoisotopic (exact) mass is 377 g/mol. The van der Waals surface area contributed by atoms with E-state index in [0.717, 1.165) is 5.69 Å². The SMILES string of the molecule is Cc1cc(-n2nc3c(c2C)CN(C(=O)OC(C)(C)C)C[C@@H]3F)cc(C)c1F. The molecule has 3 rings (SSSR count). The molecule has 146 valence electrons. The largest absolute Gasteiger partial charge is 0.444 e. The van der Waals surface area contributed by atoms with Gasteiger partial charge >= 0.3 is 6.09 Å². The second-order valence-electron chi connectivity index (χ2n) is 8.08. The molecule has 0 fully saturated rings. The summed E-state index contributed by atoms with van der Waals surface area (Å²) in [6.45, 7) is 10.7. The normalized spacial score (nSPS) is 17.0. The van der Waals surface area contributed by atoms with Gasteiger partial charge in [0.25, 0.3) is 0 Å². The van der Waals surface area contributed by atoms with Crippen LogP contribution in [0.5, 0.6) is 0 Å². The third kappa shape index (κ3) is 3.68. The summed E-state index contributed by atoms with van der Waals surface area (Å²) in [7, 11) is 0. The Kier molecular flexibility index (Phi) is 4.74. The highest BCUT2D eigenvalue weighted by atomic mass is 19.1. The Balaban J connectivity index is 1.97. The second kappa shape index (κ2) is 6.62. The van der Waals surface area contributed by atoms with Gasteiger partial charge in [0.2, 0.25) is 0 Å². The van der Waals surface area contributed by atoms with E-state index in [4.69, 9.17) is 4.74 Å². The van der Waals surface area contributed by atoms with Gasteiger partial charge in [-0.3, -0.25) is 0 Å². The van der Waals surface area contributed by atoms with E-state index in [-0.39, 0.29) is 18.9 Å². The minimum atomic E-state index is -1.40. The maximum absolute atomic E-state index is 14.8. The molecule has 0 N–H and O–H groups in total. The highest BCUT2D eigenvalue weighted by molar-refractivity contribution is 5.69. The first kappa shape index (κ1) is 19.3. The number of benzene rings is 1. The predicted molar refractivity (Wildman–Crippen MR) is 98.2 cm³/mol. The maximum Gasteiger partial charge on any atom is 0.410 e. The van der Waals surface area contributed by atoms with Crippen molar-refractivity contribution in [1.82, 2.24) is 14.7 Å². The number of aromatic nitrogens is 2. The van der Waals surface area contributed by atoms with Gasteiger partial charge < -0.3 is 9.64 Å². The number of rotatable bonds is 1. The molecule has 0 saturated carbocycles. The number of carbonyl (C=O) groups excluding carboxylic acids is 1. The number of aryl methyl sites for hydroxylation is 2. The highest BCUT2D eigenvalue weighted by Gasteiger charge is 2.35. The van der Waals surface area contributed by atoms with E-state index in [1.807, 2.05) is 6.92 Å². The Morgan fingerprint density at radius 1 is 1.22 bits per heavy atom. The number of fused-ring (bicyclic) bond motifs is 1. The van der Waals surface area contributed by atoms with Gasteiger partial charge in [0.1, 0.15) is 17.1 Å². The van der Waals surface area contributed by atoms with Crippen LogP contribution in [0.1, 0.15) is 55.0 Å². The van der Waals surface area contributed by atoms with Crippen LogP contribution in [0.3, 0.4) is 0 Å². The van der Waals surface area contributed by atoms with Crippen LogP contribution in [0, 0.1) is 26.6 Å². The van der Waals surface area contributed by atoms with Crippen LogP contribution in [0.2, 0.25) is 0 Å². The fourth-order valence-corrected chi connectivity index (χ4v) is 3.30. The summed E-state index contributed by atoms with van der Waals surface area (Å²) in [4.78, 5) is 13.7. The quantitative estimate of drug-likeness (QED) is 0.724. The van der Waals surface area contributed by atoms with E-state index in [2.05, 4.69) is 5.10 Å². The Bertz CT molecular complexity index is 876. The molecule has 1 aliphatic heterocycles. The van der Waals surface area contributed by atoms with Crippen molar-refractivity contribution in [2.45, 2.75) is 59.9 Å². The van der Waals surface area contributed by atoms with Crippen molar-refractivity contribution in [1.29, 1.82) is 0 Å². The van der Waals surface area contributed by atoms with Crippen molar-refractivity contribution >= 4 is 6.09 Å². The van der Waals surface area contributed by atoms with Crippen molar-refractivity contribution in [2.24, 2.45) is 0 Å². The number of hydrogen-bond acceptors (Lipinski definition) is 3. The number of carbonyl (C=O) groups is 1. The summed E-state index contributed by atoms with van der Waals surface area (Å²) in [5.41, 5.74) is 2.76. The van der Waals surface area contributed by atoms with Crippen molar-refractivity contribution in [3.05, 3.63) is 46.0 Å². The fraction of sp³-hybridized carbons (Fsp3) is 0.500. The summed E-state index contributed by atoms with van der Waals surface area (Å²) in [6, 6.07) is 3.37. The standard InChI is InChI=1S/C20H25F2N3O2/c1-11-7-14(8-12(2)17(11)22)25-13(3)15-9-24(10-16(21)18(15)23-25)19(26)27-20(4,5)6/h7-8,16H,9-10H2,1-6H3/t16-/m0/s1. The smallest absolute Gasteiger partial charge is 0.410 e. The second-order valence-corrected chi connectivity index (χ2v) is 8.08. The van der Waals surface area contributed by atoms with Crippen LogP contribution in [-0.2, 0) is 11.3 Å². The first-order valence-electron chi connectivity index (χ1n) is 8.95. The minimum Gasteiger partial charge on any atom is -0.444 e. The Morgan fingerprint density at radius 3 is 2.37 bits per heavy atom. The molecule has 1 aromatic carbocycles. The van der Waals surface area contributed by atoms with Crippen molar-refractivity contribution < 1.29 is 18.3 Å². The molecule has 2 heterocycles. The minimum absolute atomic E-state index is 0.0974. The zero-order valence-corrected chi connectivity index (χ0v) is 16.6. The van der Waals surface area contributed by atoms with Gasteiger partial charge in [-0.15, -0.1) is 0 Å². The number of ether oxygens (including phenoxy) is 1. The van der Waals surface area contributed by atoms with Gasteiger partial charge in [-0.25, -0.2) is 18.3 Å². The lowest BCUT2D eigenvalue weighted by Crippen LogP contribution is -2.40. The van der Waals surface area contributed by atoms with E-state index in [1.165, 1.54) is 4.90 Å². The van der Waals surface area contributed by atoms with E-state index >= 15 is 0 Å². The molecule has 27 heavy (non-hydrogen) atoms. The number of amides is 1. The van der Waals surface area contributed by atoms with E-state index in [9.17, 15) is 13.6 Å². The summed E-state index contributed by atoms with van der Waals surface area (Å²) in [5.74, 6) is -0.257. The third-order valence-corrected chi connectivity index (χ3v) is 4.62. The molecular weight excluding hydrogens is 352 g/mol. The van der Waals surface area contributed by atoms with Gasteiger partial charge in [0, 0.05) is 11.3 Å².